The predicted octanol–water partition coefficient (Wildman–Crippen LogP) is 4.94. The molecule has 0 radical (unpaired) electrons. The molecular weight excluding hydrogens is 308 g/mol. The normalized spacial score (nSPS) is 10.7. The number of anilines is 3. The van der Waals surface area contributed by atoms with Gasteiger partial charge < -0.3 is 10.2 Å². The van der Waals surface area contributed by atoms with Gasteiger partial charge in [-0.25, -0.2) is 4.98 Å². The molecule has 0 amide bonds. The van der Waals surface area contributed by atoms with Crippen molar-refractivity contribution in [2.24, 2.45) is 0 Å². The van der Waals surface area contributed by atoms with Crippen LogP contribution >= 0.6 is 0 Å². The molecule has 0 aliphatic rings. The summed E-state index contributed by atoms with van der Waals surface area (Å²) in [5.74, 6) is 1.53. The van der Waals surface area contributed by atoms with E-state index >= 15 is 0 Å². The standard InChI is InChI=1S/C21H24N4/c1-16(2)25(15-18-7-5-4-6-8-18)20-13-14-22-21(24-20)23-19-11-9-17(3)10-12-19/h4-14,16H,15H2,1-3H3,(H,22,23,24). The van der Waals surface area contributed by atoms with Crippen LogP contribution in [0.25, 0.3) is 0 Å². The molecule has 3 rings (SSSR count). The second-order valence-electron chi connectivity index (χ2n) is 6.44. The third kappa shape index (κ3) is 4.57. The zero-order chi connectivity index (χ0) is 17.6. The van der Waals surface area contributed by atoms with Gasteiger partial charge in [0.05, 0.1) is 0 Å². The number of nitrogens with one attached hydrogen (secondary N) is 1. The summed E-state index contributed by atoms with van der Waals surface area (Å²) in [7, 11) is 0. The van der Waals surface area contributed by atoms with E-state index in [-0.39, 0.29) is 0 Å². The Balaban J connectivity index is 1.81. The lowest BCUT2D eigenvalue weighted by atomic mass is 10.2. The Kier molecular flexibility index (Phi) is 5.29. The van der Waals surface area contributed by atoms with Crippen LogP contribution in [-0.2, 0) is 6.54 Å². The van der Waals surface area contributed by atoms with Gasteiger partial charge in [0.15, 0.2) is 0 Å². The molecule has 0 saturated heterocycles. The van der Waals surface area contributed by atoms with Crippen molar-refractivity contribution in [2.45, 2.75) is 33.4 Å². The van der Waals surface area contributed by atoms with Crippen LogP contribution < -0.4 is 10.2 Å². The van der Waals surface area contributed by atoms with Gasteiger partial charge in [-0.3, -0.25) is 0 Å². The van der Waals surface area contributed by atoms with Crippen molar-refractivity contribution < 1.29 is 0 Å². The summed E-state index contributed by atoms with van der Waals surface area (Å²) < 4.78 is 0. The average molecular weight is 332 g/mol. The smallest absolute Gasteiger partial charge is 0.229 e. The predicted molar refractivity (Wildman–Crippen MR) is 104 cm³/mol. The quantitative estimate of drug-likeness (QED) is 0.694. The summed E-state index contributed by atoms with van der Waals surface area (Å²) in [6, 6.07) is 21.0. The maximum absolute atomic E-state index is 4.71. The minimum absolute atomic E-state index is 0.335. The van der Waals surface area contributed by atoms with Crippen LogP contribution in [0.5, 0.6) is 0 Å². The molecule has 0 aliphatic heterocycles. The Morgan fingerprint density at radius 2 is 1.68 bits per heavy atom. The van der Waals surface area contributed by atoms with Gasteiger partial charge in [0.2, 0.25) is 5.95 Å². The average Bonchev–Trinajstić information content (AvgIpc) is 2.62. The fraction of sp³-hybridized carbons (Fsp3) is 0.238. The fourth-order valence-electron chi connectivity index (χ4n) is 2.64. The Labute approximate surface area is 149 Å². The van der Waals surface area contributed by atoms with Crippen molar-refractivity contribution in [3.8, 4) is 0 Å². The zero-order valence-corrected chi connectivity index (χ0v) is 15.0. The maximum Gasteiger partial charge on any atom is 0.229 e. The lowest BCUT2D eigenvalue weighted by Crippen LogP contribution is -2.31. The van der Waals surface area contributed by atoms with Crippen LogP contribution in [0.3, 0.4) is 0 Å². The summed E-state index contributed by atoms with van der Waals surface area (Å²) >= 11 is 0. The van der Waals surface area contributed by atoms with Crippen LogP contribution in [0.4, 0.5) is 17.5 Å². The van der Waals surface area contributed by atoms with Crippen LogP contribution in [0.2, 0.25) is 0 Å². The second kappa shape index (κ2) is 7.79. The summed E-state index contributed by atoms with van der Waals surface area (Å²) in [5.41, 5.74) is 3.49. The first kappa shape index (κ1) is 17.0. The van der Waals surface area contributed by atoms with Crippen LogP contribution in [0.15, 0.2) is 66.9 Å². The molecule has 0 saturated carbocycles. The molecule has 1 aromatic heterocycles. The van der Waals surface area contributed by atoms with Gasteiger partial charge in [-0.1, -0.05) is 48.0 Å². The first-order valence-electron chi connectivity index (χ1n) is 8.59. The molecule has 0 spiro atoms. The topological polar surface area (TPSA) is 41.1 Å². The van der Waals surface area contributed by atoms with E-state index in [2.05, 4.69) is 72.4 Å². The van der Waals surface area contributed by atoms with E-state index in [1.165, 1.54) is 11.1 Å². The third-order valence-electron chi connectivity index (χ3n) is 4.06. The van der Waals surface area contributed by atoms with Gasteiger partial charge in [-0.15, -0.1) is 0 Å². The fourth-order valence-corrected chi connectivity index (χ4v) is 2.64. The van der Waals surface area contributed by atoms with Crippen molar-refractivity contribution in [3.05, 3.63) is 78.0 Å². The number of nitrogens with zero attached hydrogens (tertiary/aromatic N) is 3. The van der Waals surface area contributed by atoms with Crippen LogP contribution in [-0.4, -0.2) is 16.0 Å². The van der Waals surface area contributed by atoms with Gasteiger partial charge in [0, 0.05) is 24.5 Å². The third-order valence-corrected chi connectivity index (χ3v) is 4.06. The lowest BCUT2D eigenvalue weighted by molar-refractivity contribution is 0.672. The molecule has 0 unspecified atom stereocenters. The van der Waals surface area contributed by atoms with Gasteiger partial charge in [-0.2, -0.15) is 4.98 Å². The lowest BCUT2D eigenvalue weighted by Gasteiger charge is -2.28. The van der Waals surface area contributed by atoms with E-state index in [1.807, 2.05) is 24.3 Å². The first-order valence-corrected chi connectivity index (χ1v) is 8.59. The van der Waals surface area contributed by atoms with Crippen molar-refractivity contribution >= 4 is 17.5 Å². The molecule has 0 bridgehead atoms. The van der Waals surface area contributed by atoms with E-state index in [1.54, 1.807) is 6.20 Å². The Hall–Kier alpha value is -2.88. The Morgan fingerprint density at radius 3 is 2.36 bits per heavy atom. The summed E-state index contributed by atoms with van der Waals surface area (Å²) in [6.07, 6.45) is 1.80. The maximum atomic E-state index is 4.71. The van der Waals surface area contributed by atoms with Crippen molar-refractivity contribution in [1.82, 2.24) is 9.97 Å². The SMILES string of the molecule is Cc1ccc(Nc2nccc(N(Cc3ccccc3)C(C)C)n2)cc1. The number of rotatable bonds is 6. The molecule has 1 heterocycles. The van der Waals surface area contributed by atoms with Crippen molar-refractivity contribution in [1.29, 1.82) is 0 Å². The number of hydrogen-bond acceptors (Lipinski definition) is 4. The largest absolute Gasteiger partial charge is 0.350 e. The molecule has 0 atom stereocenters. The molecule has 0 fully saturated rings. The minimum Gasteiger partial charge on any atom is -0.350 e. The highest BCUT2D eigenvalue weighted by Gasteiger charge is 2.13. The molecule has 1 N–H and O–H groups in total. The zero-order valence-electron chi connectivity index (χ0n) is 15.0. The van der Waals surface area contributed by atoms with Gasteiger partial charge >= 0.3 is 0 Å². The number of aromatic nitrogens is 2. The van der Waals surface area contributed by atoms with Crippen molar-refractivity contribution in [2.75, 3.05) is 10.2 Å². The van der Waals surface area contributed by atoms with E-state index in [0.29, 0.717) is 12.0 Å². The highest BCUT2D eigenvalue weighted by atomic mass is 15.2. The van der Waals surface area contributed by atoms with Gasteiger partial charge in [0.1, 0.15) is 5.82 Å². The summed E-state index contributed by atoms with van der Waals surface area (Å²) in [6.45, 7) is 7.25. The monoisotopic (exact) mass is 332 g/mol. The Bertz CT molecular complexity index is 798. The molecule has 25 heavy (non-hydrogen) atoms. The molecule has 0 aliphatic carbocycles. The summed E-state index contributed by atoms with van der Waals surface area (Å²) in [5, 5.41) is 3.28. The number of hydrogen-bond donors (Lipinski definition) is 1. The van der Waals surface area contributed by atoms with Crippen LogP contribution in [0.1, 0.15) is 25.0 Å². The van der Waals surface area contributed by atoms with E-state index in [4.69, 9.17) is 4.98 Å². The number of aryl methyl sites for hydroxylation is 1. The van der Waals surface area contributed by atoms with E-state index in [0.717, 1.165) is 18.1 Å². The highest BCUT2D eigenvalue weighted by molar-refractivity contribution is 5.55. The highest BCUT2D eigenvalue weighted by Crippen LogP contribution is 2.20. The van der Waals surface area contributed by atoms with Crippen LogP contribution in [0, 0.1) is 6.92 Å². The number of benzene rings is 2. The molecule has 4 nitrogen and oxygen atoms in total. The molecule has 4 heteroatoms. The van der Waals surface area contributed by atoms with Crippen molar-refractivity contribution in [3.63, 3.8) is 0 Å². The molecule has 3 aromatic rings. The minimum atomic E-state index is 0.335. The Morgan fingerprint density at radius 1 is 0.960 bits per heavy atom. The molecule has 2 aromatic carbocycles. The van der Waals surface area contributed by atoms with Gasteiger partial charge in [-0.05, 0) is 44.5 Å². The molecular formula is C21H24N4. The first-order chi connectivity index (χ1) is 12.1. The van der Waals surface area contributed by atoms with E-state index < -0.39 is 0 Å². The van der Waals surface area contributed by atoms with E-state index in [9.17, 15) is 0 Å². The molecule has 128 valence electrons. The van der Waals surface area contributed by atoms with Gasteiger partial charge in [0.25, 0.3) is 0 Å². The second-order valence-corrected chi connectivity index (χ2v) is 6.44. The summed E-state index contributed by atoms with van der Waals surface area (Å²) in [4.78, 5) is 11.3.